The molecule has 7 nitrogen and oxygen atoms in total. The molecule has 1 unspecified atom stereocenters. The van der Waals surface area contributed by atoms with Gasteiger partial charge in [-0.05, 0) is 43.7 Å². The van der Waals surface area contributed by atoms with Crippen molar-refractivity contribution in [3.05, 3.63) is 24.3 Å². The normalized spacial score (nSPS) is 18.6. The van der Waals surface area contributed by atoms with E-state index in [0.29, 0.717) is 25.3 Å². The van der Waals surface area contributed by atoms with E-state index >= 15 is 0 Å². The van der Waals surface area contributed by atoms with Crippen molar-refractivity contribution in [3.8, 4) is 5.75 Å². The number of nitrogens with zero attached hydrogens (tertiary/aromatic N) is 2. The van der Waals surface area contributed by atoms with E-state index in [1.54, 1.807) is 12.1 Å². The lowest BCUT2D eigenvalue weighted by atomic mass is 10.0. The molecule has 1 aromatic carbocycles. The zero-order chi connectivity index (χ0) is 17.7. The standard InChI is InChI=1S/C16H24N2O5S.ClH/c1-17(2)24(21,22)14-8-6-13(7-9-14)23-12-11-18-10-4-3-5-15(18)16(19)20;/h6-9,15H,3-5,10-12H2,1-2H3,(H,19,20);1H. The number of piperidine rings is 1. The van der Waals surface area contributed by atoms with Crippen LogP contribution in [0.3, 0.4) is 0 Å². The lowest BCUT2D eigenvalue weighted by molar-refractivity contribution is -0.144. The van der Waals surface area contributed by atoms with Gasteiger partial charge < -0.3 is 9.84 Å². The van der Waals surface area contributed by atoms with Gasteiger partial charge in [-0.2, -0.15) is 0 Å². The van der Waals surface area contributed by atoms with Gasteiger partial charge in [-0.3, -0.25) is 9.69 Å². The molecule has 1 aliphatic rings. The molecular formula is C16H25ClN2O5S. The number of carbonyl (C=O) groups is 1. The maximum absolute atomic E-state index is 12.0. The van der Waals surface area contributed by atoms with Crippen LogP contribution < -0.4 is 4.74 Å². The minimum Gasteiger partial charge on any atom is -0.492 e. The summed E-state index contributed by atoms with van der Waals surface area (Å²) in [6.45, 7) is 1.67. The van der Waals surface area contributed by atoms with Gasteiger partial charge in [-0.15, -0.1) is 12.4 Å². The molecule has 0 radical (unpaired) electrons. The Labute approximate surface area is 155 Å². The van der Waals surface area contributed by atoms with Crippen molar-refractivity contribution in [2.45, 2.75) is 30.2 Å². The molecule has 0 bridgehead atoms. The third-order valence-corrected chi connectivity index (χ3v) is 5.98. The zero-order valence-corrected chi connectivity index (χ0v) is 16.1. The number of aliphatic carboxylic acids is 1. The molecule has 1 atom stereocenters. The topological polar surface area (TPSA) is 87.2 Å². The Morgan fingerprint density at radius 3 is 2.48 bits per heavy atom. The molecule has 0 amide bonds. The number of benzene rings is 1. The van der Waals surface area contributed by atoms with Crippen LogP contribution in [0.5, 0.6) is 5.75 Å². The lowest BCUT2D eigenvalue weighted by Gasteiger charge is -2.32. The van der Waals surface area contributed by atoms with Crippen LogP contribution in [-0.4, -0.2) is 68.5 Å². The number of carboxylic acids is 1. The fraction of sp³-hybridized carbons (Fsp3) is 0.562. The third-order valence-electron chi connectivity index (χ3n) is 4.15. The summed E-state index contributed by atoms with van der Waals surface area (Å²) in [4.78, 5) is 13.4. The minimum absolute atomic E-state index is 0. The molecule has 25 heavy (non-hydrogen) atoms. The second-order valence-electron chi connectivity index (χ2n) is 5.99. The summed E-state index contributed by atoms with van der Waals surface area (Å²) in [6, 6.07) is 5.80. The molecule has 1 saturated heterocycles. The molecule has 1 N–H and O–H groups in total. The van der Waals surface area contributed by atoms with Gasteiger partial charge in [0.2, 0.25) is 10.0 Å². The van der Waals surface area contributed by atoms with Crippen LogP contribution in [0.2, 0.25) is 0 Å². The second kappa shape index (κ2) is 9.38. The van der Waals surface area contributed by atoms with Gasteiger partial charge in [0.25, 0.3) is 0 Å². The number of sulfonamides is 1. The van der Waals surface area contributed by atoms with Gasteiger partial charge in [0.05, 0.1) is 4.90 Å². The van der Waals surface area contributed by atoms with E-state index in [1.807, 2.05) is 4.90 Å². The summed E-state index contributed by atoms with van der Waals surface area (Å²) < 4.78 is 30.8. The first-order chi connectivity index (χ1) is 11.3. The quantitative estimate of drug-likeness (QED) is 0.759. The maximum Gasteiger partial charge on any atom is 0.320 e. The van der Waals surface area contributed by atoms with Crippen molar-refractivity contribution in [1.29, 1.82) is 0 Å². The highest BCUT2D eigenvalue weighted by molar-refractivity contribution is 7.89. The van der Waals surface area contributed by atoms with E-state index in [-0.39, 0.29) is 17.3 Å². The predicted octanol–water partition coefficient (Wildman–Crippen LogP) is 1.68. The monoisotopic (exact) mass is 392 g/mol. The number of carboxylic acid groups (broad SMARTS) is 1. The predicted molar refractivity (Wildman–Crippen MR) is 96.9 cm³/mol. The Balaban J connectivity index is 0.00000312. The molecule has 0 aromatic heterocycles. The van der Waals surface area contributed by atoms with Gasteiger partial charge >= 0.3 is 5.97 Å². The van der Waals surface area contributed by atoms with Crippen molar-refractivity contribution in [2.24, 2.45) is 0 Å². The molecule has 0 saturated carbocycles. The molecule has 1 fully saturated rings. The summed E-state index contributed by atoms with van der Waals surface area (Å²) in [5.41, 5.74) is 0. The van der Waals surface area contributed by atoms with Crippen molar-refractivity contribution in [3.63, 3.8) is 0 Å². The van der Waals surface area contributed by atoms with Gasteiger partial charge in [-0.25, -0.2) is 12.7 Å². The van der Waals surface area contributed by atoms with Gasteiger partial charge in [-0.1, -0.05) is 6.42 Å². The fourth-order valence-electron chi connectivity index (χ4n) is 2.74. The first-order valence-corrected chi connectivity index (χ1v) is 9.38. The third kappa shape index (κ3) is 5.57. The van der Waals surface area contributed by atoms with Gasteiger partial charge in [0, 0.05) is 20.6 Å². The smallest absolute Gasteiger partial charge is 0.320 e. The number of ether oxygens (including phenoxy) is 1. The van der Waals surface area contributed by atoms with Crippen LogP contribution >= 0.6 is 12.4 Å². The van der Waals surface area contributed by atoms with Gasteiger partial charge in [0.15, 0.2) is 0 Å². The van der Waals surface area contributed by atoms with E-state index in [9.17, 15) is 18.3 Å². The van der Waals surface area contributed by atoms with Crippen LogP contribution in [0.4, 0.5) is 0 Å². The Bertz CT molecular complexity index is 664. The van der Waals surface area contributed by atoms with Crippen LogP contribution in [0.25, 0.3) is 0 Å². The van der Waals surface area contributed by atoms with Crippen LogP contribution in [-0.2, 0) is 14.8 Å². The highest BCUT2D eigenvalue weighted by atomic mass is 35.5. The highest BCUT2D eigenvalue weighted by Crippen LogP contribution is 2.19. The van der Waals surface area contributed by atoms with Crippen LogP contribution in [0, 0.1) is 0 Å². The van der Waals surface area contributed by atoms with Crippen molar-refractivity contribution < 1.29 is 23.1 Å². The molecule has 0 spiro atoms. The number of halogens is 1. The van der Waals surface area contributed by atoms with E-state index in [0.717, 1.165) is 23.7 Å². The van der Waals surface area contributed by atoms with Gasteiger partial charge in [0.1, 0.15) is 18.4 Å². The molecule has 1 aliphatic heterocycles. The minimum atomic E-state index is -3.44. The zero-order valence-electron chi connectivity index (χ0n) is 14.4. The van der Waals surface area contributed by atoms with E-state index < -0.39 is 22.0 Å². The largest absolute Gasteiger partial charge is 0.492 e. The summed E-state index contributed by atoms with van der Waals surface area (Å²) in [6.07, 6.45) is 2.61. The Hall–Kier alpha value is -1.35. The van der Waals surface area contributed by atoms with Crippen LogP contribution in [0.1, 0.15) is 19.3 Å². The maximum atomic E-state index is 12.0. The van der Waals surface area contributed by atoms with Crippen molar-refractivity contribution in [2.75, 3.05) is 33.8 Å². The van der Waals surface area contributed by atoms with E-state index in [2.05, 4.69) is 0 Å². The number of hydrogen-bond acceptors (Lipinski definition) is 5. The summed E-state index contributed by atoms with van der Waals surface area (Å²) in [7, 11) is -0.477. The Morgan fingerprint density at radius 1 is 1.28 bits per heavy atom. The molecule has 0 aliphatic carbocycles. The molecule has 2 rings (SSSR count). The number of hydrogen-bond donors (Lipinski definition) is 1. The van der Waals surface area contributed by atoms with E-state index in [4.69, 9.17) is 4.74 Å². The lowest BCUT2D eigenvalue weighted by Crippen LogP contribution is -2.46. The number of rotatable bonds is 7. The molecule has 1 aromatic rings. The highest BCUT2D eigenvalue weighted by Gasteiger charge is 2.27. The molecule has 142 valence electrons. The summed E-state index contributed by atoms with van der Waals surface area (Å²) in [5, 5.41) is 9.23. The van der Waals surface area contributed by atoms with Crippen molar-refractivity contribution in [1.82, 2.24) is 9.21 Å². The Kier molecular flexibility index (Phi) is 8.14. The fourth-order valence-corrected chi connectivity index (χ4v) is 3.64. The summed E-state index contributed by atoms with van der Waals surface area (Å²) in [5.74, 6) is -0.218. The summed E-state index contributed by atoms with van der Waals surface area (Å²) >= 11 is 0. The molecule has 9 heteroatoms. The van der Waals surface area contributed by atoms with E-state index in [1.165, 1.54) is 26.2 Å². The molecule has 1 heterocycles. The van der Waals surface area contributed by atoms with Crippen molar-refractivity contribution >= 4 is 28.4 Å². The molecular weight excluding hydrogens is 368 g/mol. The first-order valence-electron chi connectivity index (χ1n) is 7.94. The average molecular weight is 393 g/mol. The number of likely N-dealkylation sites (tertiary alicyclic amines) is 1. The van der Waals surface area contributed by atoms with Crippen LogP contribution in [0.15, 0.2) is 29.2 Å². The SMILES string of the molecule is CN(C)S(=O)(=O)c1ccc(OCCN2CCCCC2C(=O)O)cc1.Cl. The first kappa shape index (κ1) is 21.7. The average Bonchev–Trinajstić information content (AvgIpc) is 2.55. The Morgan fingerprint density at radius 2 is 1.92 bits per heavy atom. The second-order valence-corrected chi connectivity index (χ2v) is 8.14.